The molecule has 0 bridgehead atoms. The zero-order valence-corrected chi connectivity index (χ0v) is 22.4. The highest BCUT2D eigenvalue weighted by molar-refractivity contribution is 5.85. The molecule has 0 aliphatic heterocycles. The summed E-state index contributed by atoms with van der Waals surface area (Å²) < 4.78 is 0. The van der Waals surface area contributed by atoms with E-state index >= 15 is 0 Å². The summed E-state index contributed by atoms with van der Waals surface area (Å²) in [5.74, 6) is 0.291. The number of carbonyl (C=O) groups is 2. The number of aliphatic hydroxyl groups is 1. The maximum absolute atomic E-state index is 12.9. The lowest BCUT2D eigenvalue weighted by molar-refractivity contribution is -0.194. The lowest BCUT2D eigenvalue weighted by Crippen LogP contribution is -2.65. The van der Waals surface area contributed by atoms with Crippen LogP contribution in [0.4, 0.5) is 0 Å². The predicted molar refractivity (Wildman–Crippen MR) is 133 cm³/mol. The topological polar surface area (TPSA) is 74.6 Å². The second-order valence-electron chi connectivity index (χ2n) is 14.5. The molecule has 5 aliphatic carbocycles. The van der Waals surface area contributed by atoms with Crippen molar-refractivity contribution in [3.8, 4) is 0 Å². The van der Waals surface area contributed by atoms with E-state index in [0.717, 1.165) is 38.5 Å². The van der Waals surface area contributed by atoms with E-state index in [1.54, 1.807) is 0 Å². The fraction of sp³-hybridized carbons (Fsp3) is 0.867. The Morgan fingerprint density at radius 1 is 0.971 bits per heavy atom. The lowest BCUT2D eigenvalue weighted by atomic mass is 9.33. The summed E-state index contributed by atoms with van der Waals surface area (Å²) in [7, 11) is 0. The second-order valence-corrected chi connectivity index (χ2v) is 14.5. The van der Waals surface area contributed by atoms with Gasteiger partial charge in [-0.3, -0.25) is 9.59 Å². The van der Waals surface area contributed by atoms with Gasteiger partial charge in [0.25, 0.3) is 0 Å². The van der Waals surface area contributed by atoms with Gasteiger partial charge in [-0.05, 0) is 84.9 Å². The fourth-order valence-corrected chi connectivity index (χ4v) is 10.8. The van der Waals surface area contributed by atoms with Crippen molar-refractivity contribution in [2.45, 2.75) is 106 Å². The number of aliphatic carboxylic acids is 1. The van der Waals surface area contributed by atoms with Crippen LogP contribution in [-0.2, 0) is 9.59 Å². The third-order valence-corrected chi connectivity index (χ3v) is 13.2. The quantitative estimate of drug-likeness (QED) is 0.443. The highest BCUT2D eigenvalue weighted by Crippen LogP contribution is 2.75. The molecule has 0 aromatic carbocycles. The molecule has 5 rings (SSSR count). The zero-order valence-electron chi connectivity index (χ0n) is 22.4. The Morgan fingerprint density at radius 3 is 2.29 bits per heavy atom. The number of carboxylic acid groups (broad SMARTS) is 1. The van der Waals surface area contributed by atoms with Crippen LogP contribution < -0.4 is 0 Å². The van der Waals surface area contributed by atoms with Gasteiger partial charge in [-0.25, -0.2) is 0 Å². The lowest BCUT2D eigenvalue weighted by Gasteiger charge is -2.71. The van der Waals surface area contributed by atoms with Crippen molar-refractivity contribution in [3.05, 3.63) is 11.6 Å². The third kappa shape index (κ3) is 2.75. The molecule has 0 amide bonds. The summed E-state index contributed by atoms with van der Waals surface area (Å²) in [6.07, 6.45) is 9.26. The first kappa shape index (κ1) is 24.5. The average molecular weight is 471 g/mol. The highest BCUT2D eigenvalue weighted by atomic mass is 16.4. The SMILES string of the molecule is C[C@H]1[C@H](C(=O)O)C[C@@H](O)[C@]2(C)CC[C@]3(C)C(=CC[C@@H]4[C@@]5(C)CCC(=O)C(C)(C)[C@H]5CC[C@]43C)[C@@H]12. The van der Waals surface area contributed by atoms with E-state index in [1.807, 2.05) is 0 Å². The number of hydrogen-bond donors (Lipinski definition) is 2. The number of rotatable bonds is 1. The number of allylic oxidation sites excluding steroid dienone is 2. The third-order valence-electron chi connectivity index (χ3n) is 13.2. The van der Waals surface area contributed by atoms with Crippen LogP contribution in [0.5, 0.6) is 0 Å². The number of Topliss-reactive ketones (excluding diaryl/α,β-unsaturated/α-hetero) is 1. The van der Waals surface area contributed by atoms with Crippen LogP contribution in [0.25, 0.3) is 0 Å². The molecule has 0 aromatic heterocycles. The van der Waals surface area contributed by atoms with Crippen molar-refractivity contribution in [3.63, 3.8) is 0 Å². The van der Waals surface area contributed by atoms with Gasteiger partial charge in [0, 0.05) is 17.3 Å². The molecule has 34 heavy (non-hydrogen) atoms. The Morgan fingerprint density at radius 2 is 1.65 bits per heavy atom. The molecule has 0 spiro atoms. The number of carbonyl (C=O) groups excluding carboxylic acids is 1. The Hall–Kier alpha value is -1.16. The molecule has 4 nitrogen and oxygen atoms in total. The number of fused-ring (bicyclic) bond motifs is 7. The first-order chi connectivity index (χ1) is 15.6. The minimum Gasteiger partial charge on any atom is -0.481 e. The van der Waals surface area contributed by atoms with Crippen molar-refractivity contribution >= 4 is 11.8 Å². The van der Waals surface area contributed by atoms with E-state index in [-0.39, 0.29) is 38.9 Å². The molecule has 4 fully saturated rings. The largest absolute Gasteiger partial charge is 0.481 e. The molecular formula is C30H46O4. The Balaban J connectivity index is 1.60. The molecule has 5 aliphatic rings. The van der Waals surface area contributed by atoms with Crippen molar-refractivity contribution < 1.29 is 19.8 Å². The summed E-state index contributed by atoms with van der Waals surface area (Å²) in [6.45, 7) is 16.2. The first-order valence-electron chi connectivity index (χ1n) is 13.8. The Kier molecular flexibility index (Phi) is 5.20. The van der Waals surface area contributed by atoms with Crippen molar-refractivity contribution in [1.29, 1.82) is 0 Å². The number of hydrogen-bond acceptors (Lipinski definition) is 3. The standard InChI is InChI=1S/C30H46O4/c1-17-18(25(33)34)16-23(32)28(5)14-15-29(6)19(24(17)28)8-9-21-27(4)12-11-22(31)26(2,3)20(27)10-13-30(21,29)7/h8,17-18,20-21,23-24,32H,9-16H2,1-7H3,(H,33,34)/t17-,18+,20+,21+,23+,24+,27-,28-,29+,30+/m0/s1. The van der Waals surface area contributed by atoms with Gasteiger partial charge in [0.1, 0.15) is 5.78 Å². The summed E-state index contributed by atoms with van der Waals surface area (Å²) in [4.78, 5) is 25.1. The van der Waals surface area contributed by atoms with Crippen LogP contribution in [0, 0.1) is 56.7 Å². The molecule has 4 heteroatoms. The van der Waals surface area contributed by atoms with Gasteiger partial charge in [0.15, 0.2) is 0 Å². The molecule has 0 unspecified atom stereocenters. The number of carboxylic acids is 1. The van der Waals surface area contributed by atoms with Gasteiger partial charge in [0.05, 0.1) is 12.0 Å². The summed E-state index contributed by atoms with van der Waals surface area (Å²) in [5, 5.41) is 21.2. The molecule has 0 heterocycles. The average Bonchev–Trinajstić information content (AvgIpc) is 2.74. The maximum atomic E-state index is 12.9. The molecule has 0 aromatic rings. The molecule has 10 atom stereocenters. The summed E-state index contributed by atoms with van der Waals surface area (Å²) in [5.41, 5.74) is 1.24. The first-order valence-corrected chi connectivity index (χ1v) is 13.8. The number of aliphatic hydroxyl groups excluding tert-OH is 1. The van der Waals surface area contributed by atoms with E-state index in [1.165, 1.54) is 5.57 Å². The van der Waals surface area contributed by atoms with Crippen LogP contribution in [0.3, 0.4) is 0 Å². The van der Waals surface area contributed by atoms with Crippen LogP contribution in [0.15, 0.2) is 11.6 Å². The van der Waals surface area contributed by atoms with E-state index < -0.39 is 18.0 Å². The smallest absolute Gasteiger partial charge is 0.306 e. The highest BCUT2D eigenvalue weighted by Gasteiger charge is 2.69. The number of ketones is 1. The van der Waals surface area contributed by atoms with E-state index in [4.69, 9.17) is 0 Å². The van der Waals surface area contributed by atoms with Gasteiger partial charge in [-0.2, -0.15) is 0 Å². The molecule has 0 saturated heterocycles. The van der Waals surface area contributed by atoms with Gasteiger partial charge >= 0.3 is 5.97 Å². The minimum atomic E-state index is -0.761. The maximum Gasteiger partial charge on any atom is 0.306 e. The fourth-order valence-electron chi connectivity index (χ4n) is 10.8. The van der Waals surface area contributed by atoms with Crippen molar-refractivity contribution in [1.82, 2.24) is 0 Å². The normalized spacial score (nSPS) is 54.1. The van der Waals surface area contributed by atoms with Crippen LogP contribution >= 0.6 is 0 Å². The Labute approximate surface area is 206 Å². The molecular weight excluding hydrogens is 424 g/mol. The van der Waals surface area contributed by atoms with E-state index in [0.29, 0.717) is 30.5 Å². The van der Waals surface area contributed by atoms with E-state index in [2.05, 4.69) is 54.5 Å². The zero-order chi connectivity index (χ0) is 25.1. The van der Waals surface area contributed by atoms with Gasteiger partial charge in [-0.15, -0.1) is 0 Å². The molecule has 4 saturated carbocycles. The van der Waals surface area contributed by atoms with E-state index in [9.17, 15) is 19.8 Å². The van der Waals surface area contributed by atoms with Gasteiger partial charge < -0.3 is 10.2 Å². The molecule has 190 valence electrons. The second kappa shape index (κ2) is 7.20. The minimum absolute atomic E-state index is 0.00798. The summed E-state index contributed by atoms with van der Waals surface area (Å²) >= 11 is 0. The van der Waals surface area contributed by atoms with Crippen LogP contribution in [0.2, 0.25) is 0 Å². The summed E-state index contributed by atoms with van der Waals surface area (Å²) in [6, 6.07) is 0. The molecule has 2 N–H and O–H groups in total. The van der Waals surface area contributed by atoms with Crippen LogP contribution in [0.1, 0.15) is 99.8 Å². The Bertz CT molecular complexity index is 949. The van der Waals surface area contributed by atoms with Crippen LogP contribution in [-0.4, -0.2) is 28.1 Å². The predicted octanol–water partition coefficient (Wildman–Crippen LogP) is 6.27. The van der Waals surface area contributed by atoms with Gasteiger partial charge in [-0.1, -0.05) is 60.1 Å². The van der Waals surface area contributed by atoms with Crippen molar-refractivity contribution in [2.24, 2.45) is 56.7 Å². The van der Waals surface area contributed by atoms with Crippen molar-refractivity contribution in [2.75, 3.05) is 0 Å². The van der Waals surface area contributed by atoms with Gasteiger partial charge in [0.2, 0.25) is 0 Å². The monoisotopic (exact) mass is 470 g/mol. The molecule has 0 radical (unpaired) electrons.